The van der Waals surface area contributed by atoms with Gasteiger partial charge in [-0.3, -0.25) is 9.59 Å². The Hall–Kier alpha value is -1.06. The second kappa shape index (κ2) is 21.2. The summed E-state index contributed by atoms with van der Waals surface area (Å²) in [7, 11) is 0. The molecule has 0 aliphatic heterocycles. The van der Waals surface area contributed by atoms with Crippen molar-refractivity contribution in [2.75, 3.05) is 13.2 Å². The van der Waals surface area contributed by atoms with Crippen molar-refractivity contribution in [1.29, 1.82) is 0 Å². The van der Waals surface area contributed by atoms with Gasteiger partial charge in [-0.25, -0.2) is 0 Å². The van der Waals surface area contributed by atoms with Gasteiger partial charge in [0.25, 0.3) is 0 Å². The molecule has 200 valence electrons. The fourth-order valence-electron chi connectivity index (χ4n) is 4.97. The molecule has 2 unspecified atom stereocenters. The Morgan fingerprint density at radius 2 is 1.06 bits per heavy atom. The topological polar surface area (TPSA) is 52.6 Å². The number of hydrogen-bond donors (Lipinski definition) is 0. The first kappa shape index (κ1) is 31.0. The van der Waals surface area contributed by atoms with Gasteiger partial charge in [-0.2, -0.15) is 0 Å². The zero-order valence-electron chi connectivity index (χ0n) is 22.9. The third kappa shape index (κ3) is 16.5. The van der Waals surface area contributed by atoms with Crippen LogP contribution in [-0.4, -0.2) is 25.2 Å². The standard InChI is InChI=1S/C30H56O4/c1-4-5-6-7-8-9-10-11-14-17-23-33-29(31)27-21-19-22-28(25-27)30(32)34-24-18-15-12-13-16-20-26(2)3/h26-28H,4-25H2,1-3H3. The summed E-state index contributed by atoms with van der Waals surface area (Å²) in [4.78, 5) is 24.9. The molecule has 0 aromatic rings. The minimum Gasteiger partial charge on any atom is -0.465 e. The van der Waals surface area contributed by atoms with E-state index in [1.54, 1.807) is 0 Å². The summed E-state index contributed by atoms with van der Waals surface area (Å²) < 4.78 is 11.1. The van der Waals surface area contributed by atoms with E-state index in [0.29, 0.717) is 19.6 Å². The van der Waals surface area contributed by atoms with Gasteiger partial charge in [0.15, 0.2) is 0 Å². The van der Waals surface area contributed by atoms with E-state index in [-0.39, 0.29) is 23.8 Å². The highest BCUT2D eigenvalue weighted by atomic mass is 16.5. The van der Waals surface area contributed by atoms with Crippen LogP contribution in [0.4, 0.5) is 0 Å². The van der Waals surface area contributed by atoms with Gasteiger partial charge in [0.2, 0.25) is 0 Å². The molecule has 0 bridgehead atoms. The summed E-state index contributed by atoms with van der Waals surface area (Å²) in [6.45, 7) is 7.85. The smallest absolute Gasteiger partial charge is 0.308 e. The summed E-state index contributed by atoms with van der Waals surface area (Å²) >= 11 is 0. The summed E-state index contributed by atoms with van der Waals surface area (Å²) in [5.41, 5.74) is 0. The molecular formula is C30H56O4. The highest BCUT2D eigenvalue weighted by Crippen LogP contribution is 2.31. The van der Waals surface area contributed by atoms with Crippen LogP contribution in [0, 0.1) is 17.8 Å². The minimum atomic E-state index is -0.130. The molecule has 0 aromatic heterocycles. The Labute approximate surface area is 211 Å². The fraction of sp³-hybridized carbons (Fsp3) is 0.933. The van der Waals surface area contributed by atoms with E-state index >= 15 is 0 Å². The van der Waals surface area contributed by atoms with E-state index in [0.717, 1.165) is 50.9 Å². The number of carbonyl (C=O) groups excluding carboxylic acids is 2. The first-order valence-electron chi connectivity index (χ1n) is 14.9. The number of ether oxygens (including phenoxy) is 2. The molecule has 2 atom stereocenters. The van der Waals surface area contributed by atoms with Gasteiger partial charge in [0.1, 0.15) is 0 Å². The Morgan fingerprint density at radius 3 is 1.50 bits per heavy atom. The monoisotopic (exact) mass is 480 g/mol. The van der Waals surface area contributed by atoms with Crippen molar-refractivity contribution in [2.45, 2.75) is 149 Å². The van der Waals surface area contributed by atoms with Gasteiger partial charge in [0, 0.05) is 0 Å². The number of hydrogen-bond acceptors (Lipinski definition) is 4. The molecule has 1 aliphatic rings. The molecule has 0 aromatic carbocycles. The lowest BCUT2D eigenvalue weighted by Crippen LogP contribution is -2.30. The van der Waals surface area contributed by atoms with E-state index in [1.807, 2.05) is 0 Å². The third-order valence-electron chi connectivity index (χ3n) is 7.25. The van der Waals surface area contributed by atoms with Gasteiger partial charge in [-0.05, 0) is 38.0 Å². The fourth-order valence-corrected chi connectivity index (χ4v) is 4.97. The average Bonchev–Trinajstić information content (AvgIpc) is 2.83. The molecule has 1 saturated carbocycles. The van der Waals surface area contributed by atoms with Crippen LogP contribution >= 0.6 is 0 Å². The normalized spacial score (nSPS) is 18.2. The van der Waals surface area contributed by atoms with Gasteiger partial charge < -0.3 is 9.47 Å². The summed E-state index contributed by atoms with van der Waals surface area (Å²) in [5.74, 6) is 0.323. The van der Waals surface area contributed by atoms with E-state index in [2.05, 4.69) is 20.8 Å². The molecule has 1 rings (SSSR count). The molecule has 34 heavy (non-hydrogen) atoms. The van der Waals surface area contributed by atoms with Crippen molar-refractivity contribution in [3.05, 3.63) is 0 Å². The van der Waals surface area contributed by atoms with E-state index in [4.69, 9.17) is 9.47 Å². The number of carbonyl (C=O) groups is 2. The van der Waals surface area contributed by atoms with Crippen molar-refractivity contribution in [1.82, 2.24) is 0 Å². The van der Waals surface area contributed by atoms with E-state index in [1.165, 1.54) is 77.0 Å². The zero-order chi connectivity index (χ0) is 24.9. The van der Waals surface area contributed by atoms with Crippen molar-refractivity contribution < 1.29 is 19.1 Å². The molecule has 4 heteroatoms. The molecule has 1 fully saturated rings. The maximum Gasteiger partial charge on any atom is 0.308 e. The zero-order valence-corrected chi connectivity index (χ0v) is 22.9. The van der Waals surface area contributed by atoms with E-state index < -0.39 is 0 Å². The first-order chi connectivity index (χ1) is 16.5. The minimum absolute atomic E-state index is 0.102. The maximum atomic E-state index is 12.5. The van der Waals surface area contributed by atoms with Gasteiger partial charge in [-0.15, -0.1) is 0 Å². The van der Waals surface area contributed by atoms with Crippen LogP contribution < -0.4 is 0 Å². The van der Waals surface area contributed by atoms with Crippen molar-refractivity contribution >= 4 is 11.9 Å². The number of rotatable bonds is 21. The van der Waals surface area contributed by atoms with Gasteiger partial charge >= 0.3 is 11.9 Å². The van der Waals surface area contributed by atoms with Crippen molar-refractivity contribution in [3.8, 4) is 0 Å². The number of unbranched alkanes of at least 4 members (excludes halogenated alkanes) is 13. The quantitative estimate of drug-likeness (QED) is 0.122. The summed E-state index contributed by atoms with van der Waals surface area (Å²) in [5, 5.41) is 0. The third-order valence-corrected chi connectivity index (χ3v) is 7.25. The Morgan fingerprint density at radius 1 is 0.647 bits per heavy atom. The highest BCUT2D eigenvalue weighted by molar-refractivity contribution is 5.76. The van der Waals surface area contributed by atoms with Crippen LogP contribution in [0.25, 0.3) is 0 Å². The Kier molecular flexibility index (Phi) is 19.3. The predicted molar refractivity (Wildman–Crippen MR) is 142 cm³/mol. The molecule has 0 radical (unpaired) electrons. The molecular weight excluding hydrogens is 424 g/mol. The predicted octanol–water partition coefficient (Wildman–Crippen LogP) is 8.80. The molecule has 0 N–H and O–H groups in total. The molecule has 0 spiro atoms. The van der Waals surface area contributed by atoms with Crippen LogP contribution in [0.2, 0.25) is 0 Å². The van der Waals surface area contributed by atoms with Gasteiger partial charge in [-0.1, -0.05) is 117 Å². The van der Waals surface area contributed by atoms with Crippen LogP contribution in [-0.2, 0) is 19.1 Å². The van der Waals surface area contributed by atoms with Crippen molar-refractivity contribution in [2.24, 2.45) is 17.8 Å². The lowest BCUT2D eigenvalue weighted by molar-refractivity contribution is -0.155. The van der Waals surface area contributed by atoms with Crippen molar-refractivity contribution in [3.63, 3.8) is 0 Å². The van der Waals surface area contributed by atoms with Crippen LogP contribution in [0.5, 0.6) is 0 Å². The largest absolute Gasteiger partial charge is 0.465 e. The molecule has 4 nitrogen and oxygen atoms in total. The van der Waals surface area contributed by atoms with Gasteiger partial charge in [0.05, 0.1) is 25.0 Å². The SMILES string of the molecule is CCCCCCCCCCCCOC(=O)C1CCCC(C(=O)OCCCCCCCC(C)C)C1. The lowest BCUT2D eigenvalue weighted by atomic mass is 9.81. The average molecular weight is 481 g/mol. The Balaban J connectivity index is 2.03. The van der Waals surface area contributed by atoms with E-state index in [9.17, 15) is 9.59 Å². The summed E-state index contributed by atoms with van der Waals surface area (Å²) in [6, 6.07) is 0. The van der Waals surface area contributed by atoms with Crippen LogP contribution in [0.15, 0.2) is 0 Å². The number of esters is 2. The second-order valence-corrected chi connectivity index (χ2v) is 11.0. The first-order valence-corrected chi connectivity index (χ1v) is 14.9. The molecule has 0 saturated heterocycles. The molecule has 1 aliphatic carbocycles. The highest BCUT2D eigenvalue weighted by Gasteiger charge is 2.32. The molecule has 0 amide bonds. The van der Waals surface area contributed by atoms with Crippen LogP contribution in [0.1, 0.15) is 149 Å². The maximum absolute atomic E-state index is 12.5. The lowest BCUT2D eigenvalue weighted by Gasteiger charge is -2.26. The second-order valence-electron chi connectivity index (χ2n) is 11.0. The Bertz CT molecular complexity index is 502. The van der Waals surface area contributed by atoms with Crippen LogP contribution in [0.3, 0.4) is 0 Å². The summed E-state index contributed by atoms with van der Waals surface area (Å²) in [6.07, 6.45) is 23.1. The molecule has 0 heterocycles.